The van der Waals surface area contributed by atoms with Gasteiger partial charge in [0.1, 0.15) is 0 Å². The van der Waals surface area contributed by atoms with Crippen LogP contribution in [-0.2, 0) is 47.2 Å². The second-order valence-corrected chi connectivity index (χ2v) is 16.4. The zero-order chi connectivity index (χ0) is 42.3. The number of aliphatic hydroxyl groups excluding tert-OH is 1. The van der Waals surface area contributed by atoms with Crippen LogP contribution < -0.4 is 10.7 Å². The van der Waals surface area contributed by atoms with E-state index < -0.39 is 63.2 Å². The van der Waals surface area contributed by atoms with E-state index in [1.54, 1.807) is 11.2 Å². The monoisotopic (exact) mass is 800 g/mol. The first-order valence-corrected chi connectivity index (χ1v) is 19.3. The molecule has 1 heterocycles. The second kappa shape index (κ2) is 21.5. The van der Waals surface area contributed by atoms with Crippen molar-refractivity contribution in [3.8, 4) is 11.3 Å². The molecule has 15 nitrogen and oxygen atoms in total. The number of amides is 2. The summed E-state index contributed by atoms with van der Waals surface area (Å²) in [4.78, 5) is 56.7. The third kappa shape index (κ3) is 17.4. The molecule has 3 rings (SSSR count). The van der Waals surface area contributed by atoms with Crippen LogP contribution in [0.2, 0.25) is 0 Å². The molecular formula is C40H56N4O11S. The van der Waals surface area contributed by atoms with Crippen LogP contribution in [0.15, 0.2) is 79.0 Å². The number of hydrogen-bond donors (Lipinski definition) is 5. The summed E-state index contributed by atoms with van der Waals surface area (Å²) < 4.78 is 41.3. The minimum absolute atomic E-state index is 0.0295. The summed E-state index contributed by atoms with van der Waals surface area (Å²) in [6.07, 6.45) is 0.133. The number of Topliss-reactive ketones (excluding diaryl/α,β-unsaturated/α-hetero) is 1. The average Bonchev–Trinajstić information content (AvgIpc) is 3.11. The normalized spacial score (nSPS) is 13.9. The molecule has 0 fully saturated rings. The van der Waals surface area contributed by atoms with Crippen molar-refractivity contribution in [2.45, 2.75) is 79.5 Å². The number of rotatable bonds is 16. The molecule has 3 aromatic rings. The summed E-state index contributed by atoms with van der Waals surface area (Å²) in [6, 6.07) is 22.1. The van der Waals surface area contributed by atoms with Gasteiger partial charge in [0.25, 0.3) is 0 Å². The number of aliphatic hydroxyl groups is 1. The Labute approximate surface area is 329 Å². The maximum Gasteiger partial charge on any atom is 0.407 e. The zero-order valence-electron chi connectivity index (χ0n) is 33.3. The first-order chi connectivity index (χ1) is 26.0. The number of ether oxygens (including phenoxy) is 2. The Morgan fingerprint density at radius 2 is 1.39 bits per heavy atom. The highest BCUT2D eigenvalue weighted by Crippen LogP contribution is 2.30. The van der Waals surface area contributed by atoms with Crippen LogP contribution in [-0.4, -0.2) is 89.3 Å². The van der Waals surface area contributed by atoms with Gasteiger partial charge in [0.15, 0.2) is 5.78 Å². The smallest absolute Gasteiger partial charge is 0.407 e. The van der Waals surface area contributed by atoms with Crippen LogP contribution in [0.3, 0.4) is 0 Å². The predicted molar refractivity (Wildman–Crippen MR) is 210 cm³/mol. The van der Waals surface area contributed by atoms with Gasteiger partial charge in [0, 0.05) is 31.3 Å². The molecule has 0 bridgehead atoms. The van der Waals surface area contributed by atoms with Gasteiger partial charge in [-0.2, -0.15) is 8.42 Å². The predicted octanol–water partition coefficient (Wildman–Crippen LogP) is 5.10. The van der Waals surface area contributed by atoms with Crippen molar-refractivity contribution in [2.24, 2.45) is 22.7 Å². The number of nitrogens with zero attached hydrogens (tertiary/aromatic N) is 2. The van der Waals surface area contributed by atoms with Crippen LogP contribution in [0.5, 0.6) is 0 Å². The number of esters is 1. The van der Waals surface area contributed by atoms with E-state index in [2.05, 4.69) is 15.7 Å². The van der Waals surface area contributed by atoms with Crippen molar-refractivity contribution in [1.82, 2.24) is 20.7 Å². The molecule has 0 unspecified atom stereocenters. The first kappa shape index (κ1) is 47.4. The number of hydrogen-bond acceptors (Lipinski definition) is 11. The molecular weight excluding hydrogens is 745 g/mol. The van der Waals surface area contributed by atoms with Gasteiger partial charge >= 0.3 is 22.5 Å². The van der Waals surface area contributed by atoms with Crippen molar-refractivity contribution in [3.63, 3.8) is 0 Å². The summed E-state index contributed by atoms with van der Waals surface area (Å²) in [6.45, 7) is 11.4. The second-order valence-electron chi connectivity index (χ2n) is 15.5. The molecule has 5 N–H and O–H groups in total. The maximum atomic E-state index is 13.9. The van der Waals surface area contributed by atoms with Gasteiger partial charge in [-0.05, 0) is 46.4 Å². The number of alkyl carbamates (subject to hydrolysis) is 1. The Kier molecular flexibility index (Phi) is 18.2. The lowest BCUT2D eigenvalue weighted by molar-refractivity contribution is -0.148. The van der Waals surface area contributed by atoms with Crippen LogP contribution in [0.25, 0.3) is 11.3 Å². The molecule has 0 radical (unpaired) electrons. The molecule has 16 heteroatoms. The molecule has 2 aromatic carbocycles. The average molecular weight is 801 g/mol. The Morgan fingerprint density at radius 3 is 1.89 bits per heavy atom. The summed E-state index contributed by atoms with van der Waals surface area (Å²) in [5.41, 5.74) is 5.31. The topological polar surface area (TPSA) is 222 Å². The van der Waals surface area contributed by atoms with E-state index in [0.29, 0.717) is 6.42 Å². The number of methoxy groups -OCH3 is 2. The molecule has 0 saturated heterocycles. The lowest BCUT2D eigenvalue weighted by Crippen LogP contribution is -2.52. The molecule has 0 aliphatic heterocycles. The number of pyridine rings is 1. The zero-order valence-corrected chi connectivity index (χ0v) is 34.1. The standard InChI is InChI=1S/C40H54N4O7.H2O4S/c1-39(2,3)31(24-35(47)50-7)37(48)43-44(25-28-17-19-29(20-18-28)32-16-12-13-21-41-32)26-34(46)30(22-27-14-10-9-11-15-27)23-33(45)36(40(4,5)6)42-38(49)51-8;1-5(2,3)4/h9-21,30-31,34,36,46H,22-26H2,1-8H3,(H,42,49)(H,43,48);(H2,1,2,3,4)/t30-,31-,34+,36-;/m1./s1. The van der Waals surface area contributed by atoms with Gasteiger partial charge in [0.2, 0.25) is 5.91 Å². The number of hydrazine groups is 1. The van der Waals surface area contributed by atoms with Crippen molar-refractivity contribution >= 4 is 34.2 Å². The first-order valence-electron chi connectivity index (χ1n) is 17.9. The fourth-order valence-electron chi connectivity index (χ4n) is 5.93. The third-order valence-electron chi connectivity index (χ3n) is 8.91. The van der Waals surface area contributed by atoms with Gasteiger partial charge in [-0.25, -0.2) is 9.80 Å². The highest BCUT2D eigenvalue weighted by atomic mass is 32.3. The molecule has 0 aliphatic carbocycles. The van der Waals surface area contributed by atoms with E-state index in [1.165, 1.54) is 14.2 Å². The number of nitrogens with one attached hydrogen (secondary N) is 2. The quantitative estimate of drug-likeness (QED) is 0.0724. The van der Waals surface area contributed by atoms with Crippen molar-refractivity contribution < 1.29 is 51.3 Å². The Hall–Kier alpha value is -4.74. The van der Waals surface area contributed by atoms with E-state index in [-0.39, 0.29) is 31.7 Å². The number of carbonyl (C=O) groups is 4. The van der Waals surface area contributed by atoms with E-state index >= 15 is 0 Å². The van der Waals surface area contributed by atoms with E-state index in [4.69, 9.17) is 27.0 Å². The third-order valence-corrected chi connectivity index (χ3v) is 8.91. The summed E-state index contributed by atoms with van der Waals surface area (Å²) in [7, 11) is -2.14. The largest absolute Gasteiger partial charge is 0.469 e. The van der Waals surface area contributed by atoms with Crippen molar-refractivity contribution in [1.29, 1.82) is 0 Å². The number of carbonyl (C=O) groups excluding carboxylic acids is 4. The minimum atomic E-state index is -4.67. The van der Waals surface area contributed by atoms with Crippen LogP contribution in [0.4, 0.5) is 4.79 Å². The molecule has 0 spiro atoms. The highest BCUT2D eigenvalue weighted by Gasteiger charge is 2.37. The molecule has 308 valence electrons. The fraction of sp³-hybridized carbons (Fsp3) is 0.475. The summed E-state index contributed by atoms with van der Waals surface area (Å²) in [5.74, 6) is -2.45. The van der Waals surface area contributed by atoms with Gasteiger partial charge in [-0.3, -0.25) is 33.9 Å². The molecule has 56 heavy (non-hydrogen) atoms. The Morgan fingerprint density at radius 1 is 0.804 bits per heavy atom. The molecule has 0 aliphatic rings. The van der Waals surface area contributed by atoms with Gasteiger partial charge in [-0.15, -0.1) is 0 Å². The van der Waals surface area contributed by atoms with E-state index in [9.17, 15) is 24.3 Å². The van der Waals surface area contributed by atoms with Crippen LogP contribution in [0.1, 0.15) is 65.5 Å². The lowest BCUT2D eigenvalue weighted by Gasteiger charge is -2.35. The fourth-order valence-corrected chi connectivity index (χ4v) is 5.93. The Balaban J connectivity index is 0.00000203. The van der Waals surface area contributed by atoms with Crippen molar-refractivity contribution in [3.05, 3.63) is 90.1 Å². The number of benzene rings is 2. The van der Waals surface area contributed by atoms with Gasteiger partial charge < -0.3 is 19.9 Å². The van der Waals surface area contributed by atoms with Gasteiger partial charge in [0.05, 0.1) is 44.4 Å². The number of ketones is 1. The maximum absolute atomic E-state index is 13.9. The minimum Gasteiger partial charge on any atom is -0.469 e. The molecule has 1 aromatic heterocycles. The van der Waals surface area contributed by atoms with Crippen LogP contribution >= 0.6 is 0 Å². The molecule has 4 atom stereocenters. The van der Waals surface area contributed by atoms with Crippen LogP contribution in [0, 0.1) is 22.7 Å². The van der Waals surface area contributed by atoms with E-state index in [0.717, 1.165) is 22.4 Å². The molecule has 2 amide bonds. The van der Waals surface area contributed by atoms with E-state index in [1.807, 2.05) is 114 Å². The van der Waals surface area contributed by atoms with Gasteiger partial charge in [-0.1, -0.05) is 102 Å². The highest BCUT2D eigenvalue weighted by molar-refractivity contribution is 7.79. The number of aromatic nitrogens is 1. The SMILES string of the molecule is COC(=O)C[C@H](C(=O)NN(Cc1ccc(-c2ccccn2)cc1)C[C@H](O)[C@@H](CC(=O)[C@@H](NC(=O)OC)C(C)(C)C)Cc1ccccc1)C(C)(C)C.O=S(=O)(O)O. The summed E-state index contributed by atoms with van der Waals surface area (Å²) in [5, 5.41) is 16.2. The van der Waals surface area contributed by atoms with Crippen molar-refractivity contribution in [2.75, 3.05) is 20.8 Å². The Bertz CT molecular complexity index is 1800. The summed E-state index contributed by atoms with van der Waals surface area (Å²) >= 11 is 0. The lowest BCUT2D eigenvalue weighted by atomic mass is 9.78. The molecule has 0 saturated carbocycles.